The molecule has 0 saturated carbocycles. The van der Waals surface area contributed by atoms with Crippen LogP contribution in [0.3, 0.4) is 0 Å². The zero-order valence-corrected chi connectivity index (χ0v) is 12.8. The minimum absolute atomic E-state index is 0.578. The SMILES string of the molecule is C[C@@H](CN(C)CCCc1nccn1C)c1ccccc1. The fourth-order valence-electron chi connectivity index (χ4n) is 2.59. The van der Waals surface area contributed by atoms with Crippen molar-refractivity contribution in [3.05, 3.63) is 54.1 Å². The molecule has 3 heteroatoms. The molecule has 0 aliphatic carbocycles. The summed E-state index contributed by atoms with van der Waals surface area (Å²) < 4.78 is 2.10. The lowest BCUT2D eigenvalue weighted by atomic mass is 10.0. The molecule has 108 valence electrons. The van der Waals surface area contributed by atoms with Crippen LogP contribution in [0.15, 0.2) is 42.7 Å². The number of aryl methyl sites for hydroxylation is 2. The van der Waals surface area contributed by atoms with Crippen molar-refractivity contribution < 1.29 is 0 Å². The molecule has 1 atom stereocenters. The highest BCUT2D eigenvalue weighted by molar-refractivity contribution is 5.18. The molecule has 1 aromatic carbocycles. The van der Waals surface area contributed by atoms with Gasteiger partial charge in [-0.3, -0.25) is 0 Å². The number of likely N-dealkylation sites (N-methyl/N-ethyl adjacent to an activating group) is 1. The first-order valence-electron chi connectivity index (χ1n) is 7.36. The fraction of sp³-hybridized carbons (Fsp3) is 0.471. The second kappa shape index (κ2) is 7.25. The Hall–Kier alpha value is -1.61. The van der Waals surface area contributed by atoms with E-state index >= 15 is 0 Å². The third-order valence-corrected chi connectivity index (χ3v) is 3.82. The van der Waals surface area contributed by atoms with Crippen LogP contribution in [0.5, 0.6) is 0 Å². The highest BCUT2D eigenvalue weighted by atomic mass is 15.1. The Morgan fingerprint density at radius 2 is 2.00 bits per heavy atom. The Balaban J connectivity index is 1.73. The van der Waals surface area contributed by atoms with E-state index in [-0.39, 0.29) is 0 Å². The predicted molar refractivity (Wildman–Crippen MR) is 83.9 cm³/mol. The molecule has 0 bridgehead atoms. The normalized spacial score (nSPS) is 12.8. The molecule has 20 heavy (non-hydrogen) atoms. The van der Waals surface area contributed by atoms with Crippen LogP contribution in [0.4, 0.5) is 0 Å². The van der Waals surface area contributed by atoms with Crippen LogP contribution in [0.1, 0.15) is 30.7 Å². The van der Waals surface area contributed by atoms with E-state index < -0.39 is 0 Å². The molecule has 2 aromatic rings. The van der Waals surface area contributed by atoms with Crippen LogP contribution in [-0.2, 0) is 13.5 Å². The van der Waals surface area contributed by atoms with Crippen LogP contribution < -0.4 is 0 Å². The molecular formula is C17H25N3. The second-order valence-corrected chi connectivity index (χ2v) is 5.63. The smallest absolute Gasteiger partial charge is 0.108 e. The van der Waals surface area contributed by atoms with Crippen LogP contribution in [0.25, 0.3) is 0 Å². The van der Waals surface area contributed by atoms with Crippen molar-refractivity contribution in [1.82, 2.24) is 14.5 Å². The van der Waals surface area contributed by atoms with E-state index in [1.54, 1.807) is 0 Å². The average molecular weight is 271 g/mol. The van der Waals surface area contributed by atoms with Gasteiger partial charge in [-0.25, -0.2) is 4.98 Å². The first-order chi connectivity index (χ1) is 9.66. The van der Waals surface area contributed by atoms with Gasteiger partial charge in [0, 0.05) is 32.4 Å². The first-order valence-corrected chi connectivity index (χ1v) is 7.36. The molecule has 0 fully saturated rings. The van der Waals surface area contributed by atoms with E-state index in [2.05, 4.69) is 65.8 Å². The van der Waals surface area contributed by atoms with Gasteiger partial charge in [-0.2, -0.15) is 0 Å². The van der Waals surface area contributed by atoms with Gasteiger partial charge < -0.3 is 9.47 Å². The lowest BCUT2D eigenvalue weighted by molar-refractivity contribution is 0.312. The molecule has 2 rings (SSSR count). The standard InChI is InChI=1S/C17H25N3/c1-15(16-8-5-4-6-9-16)14-19(2)12-7-10-17-18-11-13-20(17)3/h4-6,8-9,11,13,15H,7,10,12,14H2,1-3H3/t15-/m0/s1. The van der Waals surface area contributed by atoms with Crippen LogP contribution in [0, 0.1) is 0 Å². The van der Waals surface area contributed by atoms with Crippen LogP contribution in [-0.4, -0.2) is 34.6 Å². The van der Waals surface area contributed by atoms with Crippen LogP contribution in [0.2, 0.25) is 0 Å². The highest BCUT2D eigenvalue weighted by Crippen LogP contribution is 2.15. The molecule has 0 radical (unpaired) electrons. The maximum absolute atomic E-state index is 4.37. The third kappa shape index (κ3) is 4.20. The van der Waals surface area contributed by atoms with Gasteiger partial charge in [-0.15, -0.1) is 0 Å². The lowest BCUT2D eigenvalue weighted by Crippen LogP contribution is -2.25. The van der Waals surface area contributed by atoms with Crippen molar-refractivity contribution >= 4 is 0 Å². The van der Waals surface area contributed by atoms with Crippen LogP contribution >= 0.6 is 0 Å². The Kier molecular flexibility index (Phi) is 5.36. The Morgan fingerprint density at radius 3 is 2.65 bits per heavy atom. The van der Waals surface area contributed by atoms with E-state index in [1.807, 2.05) is 12.4 Å². The van der Waals surface area contributed by atoms with Gasteiger partial charge in [0.15, 0.2) is 0 Å². The number of rotatable bonds is 7. The minimum atomic E-state index is 0.578. The molecule has 0 amide bonds. The lowest BCUT2D eigenvalue weighted by Gasteiger charge is -2.21. The quantitative estimate of drug-likeness (QED) is 0.771. The topological polar surface area (TPSA) is 21.1 Å². The second-order valence-electron chi connectivity index (χ2n) is 5.63. The van der Waals surface area contributed by atoms with Crippen molar-refractivity contribution in [2.24, 2.45) is 7.05 Å². The van der Waals surface area contributed by atoms with Crippen molar-refractivity contribution in [2.45, 2.75) is 25.7 Å². The average Bonchev–Trinajstić information content (AvgIpc) is 2.85. The van der Waals surface area contributed by atoms with E-state index in [0.29, 0.717) is 5.92 Å². The summed E-state index contributed by atoms with van der Waals surface area (Å²) in [5, 5.41) is 0. The van der Waals surface area contributed by atoms with Gasteiger partial charge in [-0.05, 0) is 31.5 Å². The van der Waals surface area contributed by atoms with Gasteiger partial charge in [0.25, 0.3) is 0 Å². The van der Waals surface area contributed by atoms with Crippen molar-refractivity contribution in [3.63, 3.8) is 0 Å². The molecule has 0 aliphatic rings. The summed E-state index contributed by atoms with van der Waals surface area (Å²) in [6.07, 6.45) is 6.09. The Morgan fingerprint density at radius 1 is 1.25 bits per heavy atom. The van der Waals surface area contributed by atoms with Gasteiger partial charge >= 0.3 is 0 Å². The fourth-order valence-corrected chi connectivity index (χ4v) is 2.59. The Labute approximate surface area is 122 Å². The Bertz CT molecular complexity index is 504. The van der Waals surface area contributed by atoms with Gasteiger partial charge in [0.05, 0.1) is 0 Å². The predicted octanol–water partition coefficient (Wildman–Crippen LogP) is 3.09. The van der Waals surface area contributed by atoms with E-state index in [4.69, 9.17) is 0 Å². The summed E-state index contributed by atoms with van der Waals surface area (Å²) >= 11 is 0. The molecule has 0 aliphatic heterocycles. The molecule has 1 aromatic heterocycles. The molecule has 3 nitrogen and oxygen atoms in total. The number of nitrogens with zero attached hydrogens (tertiary/aromatic N) is 3. The summed E-state index contributed by atoms with van der Waals surface area (Å²) in [7, 11) is 4.27. The molecule has 0 N–H and O–H groups in total. The van der Waals surface area contributed by atoms with Crippen molar-refractivity contribution in [2.75, 3.05) is 20.1 Å². The summed E-state index contributed by atoms with van der Waals surface area (Å²) in [6, 6.07) is 10.7. The number of hydrogen-bond donors (Lipinski definition) is 0. The maximum atomic E-state index is 4.37. The van der Waals surface area contributed by atoms with Crippen molar-refractivity contribution in [3.8, 4) is 0 Å². The largest absolute Gasteiger partial charge is 0.338 e. The molecule has 1 heterocycles. The molecular weight excluding hydrogens is 246 g/mol. The summed E-state index contributed by atoms with van der Waals surface area (Å²) in [5.74, 6) is 1.75. The summed E-state index contributed by atoms with van der Waals surface area (Å²) in [5.41, 5.74) is 1.42. The van der Waals surface area contributed by atoms with E-state index in [1.165, 1.54) is 11.4 Å². The number of imidazole rings is 1. The van der Waals surface area contributed by atoms with Gasteiger partial charge in [0.2, 0.25) is 0 Å². The highest BCUT2D eigenvalue weighted by Gasteiger charge is 2.08. The molecule has 0 spiro atoms. The zero-order valence-electron chi connectivity index (χ0n) is 12.8. The van der Waals surface area contributed by atoms with Gasteiger partial charge in [-0.1, -0.05) is 37.3 Å². The van der Waals surface area contributed by atoms with E-state index in [0.717, 1.165) is 25.9 Å². The monoisotopic (exact) mass is 271 g/mol. The molecule has 0 unspecified atom stereocenters. The third-order valence-electron chi connectivity index (χ3n) is 3.82. The van der Waals surface area contributed by atoms with Crippen molar-refractivity contribution in [1.29, 1.82) is 0 Å². The number of aromatic nitrogens is 2. The summed E-state index contributed by atoms with van der Waals surface area (Å²) in [6.45, 7) is 4.51. The first kappa shape index (κ1) is 14.8. The summed E-state index contributed by atoms with van der Waals surface area (Å²) in [4.78, 5) is 6.78. The number of hydrogen-bond acceptors (Lipinski definition) is 2. The minimum Gasteiger partial charge on any atom is -0.338 e. The van der Waals surface area contributed by atoms with E-state index in [9.17, 15) is 0 Å². The molecule has 0 saturated heterocycles. The maximum Gasteiger partial charge on any atom is 0.108 e. The zero-order chi connectivity index (χ0) is 14.4. The van der Waals surface area contributed by atoms with Gasteiger partial charge in [0.1, 0.15) is 5.82 Å². The number of benzene rings is 1.